The van der Waals surface area contributed by atoms with Crippen LogP contribution in [0.4, 0.5) is 4.39 Å². The minimum absolute atomic E-state index is 0.0806. The van der Waals surface area contributed by atoms with Crippen LogP contribution in [0, 0.1) is 5.92 Å². The molecule has 0 amide bonds. The van der Waals surface area contributed by atoms with E-state index < -0.39 is 30.3 Å². The molecule has 2 rings (SSSR count). The highest BCUT2D eigenvalue weighted by molar-refractivity contribution is 5.66. The van der Waals surface area contributed by atoms with E-state index in [1.54, 1.807) is 6.07 Å². The third-order valence-corrected chi connectivity index (χ3v) is 5.58. The van der Waals surface area contributed by atoms with Crippen molar-refractivity contribution in [2.75, 3.05) is 0 Å². The molecule has 1 aliphatic rings. The number of aliphatic hydroxyl groups is 2. The molecule has 0 spiro atoms. The molecule has 28 heavy (non-hydrogen) atoms. The predicted molar refractivity (Wildman–Crippen MR) is 105 cm³/mol. The van der Waals surface area contributed by atoms with Gasteiger partial charge in [-0.15, -0.1) is 0 Å². The lowest BCUT2D eigenvalue weighted by molar-refractivity contribution is -0.137. The van der Waals surface area contributed by atoms with Crippen LogP contribution in [0.15, 0.2) is 28.9 Å². The molecule has 6 heteroatoms. The maximum absolute atomic E-state index is 14.5. The Morgan fingerprint density at radius 3 is 2.86 bits per heavy atom. The fourth-order valence-electron chi connectivity index (χ4n) is 3.97. The quantitative estimate of drug-likeness (QED) is 0.345. The first-order valence-electron chi connectivity index (χ1n) is 10.4. The summed E-state index contributed by atoms with van der Waals surface area (Å²) in [5.41, 5.74) is 0.684. The highest BCUT2D eigenvalue weighted by Gasteiger charge is 2.44. The van der Waals surface area contributed by atoms with Crippen molar-refractivity contribution < 1.29 is 28.9 Å². The van der Waals surface area contributed by atoms with Gasteiger partial charge >= 0.3 is 5.97 Å². The number of allylic oxidation sites excluding steroid dienone is 2. The zero-order valence-corrected chi connectivity index (χ0v) is 16.6. The molecular weight excluding hydrogens is 363 g/mol. The molecule has 0 bridgehead atoms. The lowest BCUT2D eigenvalue weighted by Gasteiger charge is -2.19. The molecule has 5 atom stereocenters. The molecule has 0 saturated heterocycles. The summed E-state index contributed by atoms with van der Waals surface area (Å²) >= 11 is 0. The standard InChI is InChI=1S/C22H33FO5/c1-2-3-6-10-18(24)15-12-20(28-14-15)22-16(17(23)13-19(22)25)9-7-4-5-8-11-21(26)27/h4,7,12,14,16-19,22,24-25H,2-3,5-6,8-11,13H2,1H3,(H,26,27)/b7-4-/t16?,17-,18?,19-,22?/m1/s1. The lowest BCUT2D eigenvalue weighted by Crippen LogP contribution is -2.18. The van der Waals surface area contributed by atoms with Gasteiger partial charge in [0.25, 0.3) is 0 Å². The van der Waals surface area contributed by atoms with Crippen LogP contribution in [0.5, 0.6) is 0 Å². The summed E-state index contributed by atoms with van der Waals surface area (Å²) in [6.07, 6.45) is 8.34. The summed E-state index contributed by atoms with van der Waals surface area (Å²) < 4.78 is 20.1. The SMILES string of the molecule is CCCCCC(O)c1coc(C2C(C/C=C\CCCC(=O)O)[C@H](F)C[C@H]2O)c1. The monoisotopic (exact) mass is 396 g/mol. The third kappa shape index (κ3) is 6.45. The number of carboxylic acids is 1. The Kier molecular flexibility index (Phi) is 9.19. The highest BCUT2D eigenvalue weighted by atomic mass is 19.1. The van der Waals surface area contributed by atoms with Crippen molar-refractivity contribution >= 4 is 5.97 Å². The van der Waals surface area contributed by atoms with Gasteiger partial charge in [0.05, 0.1) is 18.5 Å². The van der Waals surface area contributed by atoms with Gasteiger partial charge in [-0.1, -0.05) is 38.3 Å². The van der Waals surface area contributed by atoms with E-state index in [0.29, 0.717) is 37.0 Å². The number of carbonyl (C=O) groups is 1. The summed E-state index contributed by atoms with van der Waals surface area (Å²) in [6, 6.07) is 1.76. The molecule has 1 aliphatic carbocycles. The van der Waals surface area contributed by atoms with Gasteiger partial charge in [-0.05, 0) is 31.7 Å². The van der Waals surface area contributed by atoms with Gasteiger partial charge in [0.15, 0.2) is 0 Å². The van der Waals surface area contributed by atoms with Gasteiger partial charge in [0.2, 0.25) is 0 Å². The van der Waals surface area contributed by atoms with Crippen molar-refractivity contribution in [2.24, 2.45) is 5.92 Å². The maximum Gasteiger partial charge on any atom is 0.303 e. The smallest absolute Gasteiger partial charge is 0.303 e. The van der Waals surface area contributed by atoms with Crippen molar-refractivity contribution in [3.63, 3.8) is 0 Å². The van der Waals surface area contributed by atoms with Crippen LogP contribution in [0.3, 0.4) is 0 Å². The number of carboxylic acid groups (broad SMARTS) is 1. The fraction of sp³-hybridized carbons (Fsp3) is 0.682. The molecule has 3 unspecified atom stereocenters. The predicted octanol–water partition coefficient (Wildman–Crippen LogP) is 4.90. The van der Waals surface area contributed by atoms with E-state index in [-0.39, 0.29) is 18.8 Å². The summed E-state index contributed by atoms with van der Waals surface area (Å²) in [4.78, 5) is 10.5. The second kappa shape index (κ2) is 11.4. The number of halogens is 1. The number of hydrogen-bond acceptors (Lipinski definition) is 4. The molecule has 0 aromatic carbocycles. The maximum atomic E-state index is 14.5. The van der Waals surface area contributed by atoms with Crippen molar-refractivity contribution in [1.82, 2.24) is 0 Å². The van der Waals surface area contributed by atoms with Crippen LogP contribution in [-0.2, 0) is 4.79 Å². The molecule has 0 radical (unpaired) electrons. The zero-order chi connectivity index (χ0) is 20.5. The average molecular weight is 396 g/mol. The number of unbranched alkanes of at least 4 members (excludes halogenated alkanes) is 3. The highest BCUT2D eigenvalue weighted by Crippen LogP contribution is 2.44. The second-order valence-corrected chi connectivity index (χ2v) is 7.80. The van der Waals surface area contributed by atoms with Crippen LogP contribution in [-0.4, -0.2) is 33.6 Å². The van der Waals surface area contributed by atoms with Crippen molar-refractivity contribution in [3.05, 3.63) is 35.8 Å². The molecular formula is C22H33FO5. The molecule has 1 saturated carbocycles. The topological polar surface area (TPSA) is 90.9 Å². The largest absolute Gasteiger partial charge is 0.481 e. The number of aliphatic carboxylic acids is 1. The van der Waals surface area contributed by atoms with Crippen molar-refractivity contribution in [1.29, 1.82) is 0 Å². The first-order chi connectivity index (χ1) is 13.4. The Labute approximate surface area is 166 Å². The molecule has 1 aromatic heterocycles. The van der Waals surface area contributed by atoms with Gasteiger partial charge < -0.3 is 19.7 Å². The summed E-state index contributed by atoms with van der Waals surface area (Å²) in [5.74, 6) is -1.11. The van der Waals surface area contributed by atoms with Crippen LogP contribution < -0.4 is 0 Å². The van der Waals surface area contributed by atoms with Crippen molar-refractivity contribution in [2.45, 2.75) is 89.0 Å². The Morgan fingerprint density at radius 2 is 2.14 bits per heavy atom. The lowest BCUT2D eigenvalue weighted by atomic mass is 9.88. The minimum Gasteiger partial charge on any atom is -0.481 e. The Morgan fingerprint density at radius 1 is 1.36 bits per heavy atom. The number of alkyl halides is 1. The van der Waals surface area contributed by atoms with Crippen LogP contribution in [0.2, 0.25) is 0 Å². The molecule has 1 aromatic rings. The number of furan rings is 1. The molecule has 3 N–H and O–H groups in total. The Hall–Kier alpha value is -1.66. The van der Waals surface area contributed by atoms with Crippen LogP contribution >= 0.6 is 0 Å². The molecule has 0 aliphatic heterocycles. The van der Waals surface area contributed by atoms with Crippen LogP contribution in [0.25, 0.3) is 0 Å². The minimum atomic E-state index is -1.12. The van der Waals surface area contributed by atoms with Crippen molar-refractivity contribution in [3.8, 4) is 0 Å². The molecule has 1 fully saturated rings. The summed E-state index contributed by atoms with van der Waals surface area (Å²) in [6.45, 7) is 2.11. The Bertz CT molecular complexity index is 626. The number of hydrogen-bond donors (Lipinski definition) is 3. The third-order valence-electron chi connectivity index (χ3n) is 5.58. The van der Waals surface area contributed by atoms with Gasteiger partial charge in [0.1, 0.15) is 11.9 Å². The van der Waals surface area contributed by atoms with Gasteiger partial charge in [-0.25, -0.2) is 4.39 Å². The Balaban J connectivity index is 1.96. The first kappa shape index (κ1) is 22.6. The van der Waals surface area contributed by atoms with E-state index in [9.17, 15) is 19.4 Å². The molecule has 158 valence electrons. The van der Waals surface area contributed by atoms with Gasteiger partial charge in [0, 0.05) is 30.2 Å². The molecule has 5 nitrogen and oxygen atoms in total. The van der Waals surface area contributed by atoms with E-state index in [1.807, 2.05) is 12.2 Å². The van der Waals surface area contributed by atoms with E-state index in [0.717, 1.165) is 19.3 Å². The van der Waals surface area contributed by atoms with E-state index in [4.69, 9.17) is 9.52 Å². The zero-order valence-electron chi connectivity index (χ0n) is 16.6. The van der Waals surface area contributed by atoms with Gasteiger partial charge in [-0.3, -0.25) is 4.79 Å². The van der Waals surface area contributed by atoms with E-state index in [1.165, 1.54) is 6.26 Å². The summed E-state index contributed by atoms with van der Waals surface area (Å²) in [5, 5.41) is 29.3. The normalized spacial score (nSPS) is 26.1. The number of rotatable bonds is 12. The fourth-order valence-corrected chi connectivity index (χ4v) is 3.97. The summed E-state index contributed by atoms with van der Waals surface area (Å²) in [7, 11) is 0. The average Bonchev–Trinajstić information content (AvgIpc) is 3.22. The van der Waals surface area contributed by atoms with E-state index in [2.05, 4.69) is 6.92 Å². The number of aliphatic hydroxyl groups excluding tert-OH is 2. The van der Waals surface area contributed by atoms with Gasteiger partial charge in [-0.2, -0.15) is 0 Å². The van der Waals surface area contributed by atoms with Crippen LogP contribution in [0.1, 0.15) is 88.1 Å². The second-order valence-electron chi connectivity index (χ2n) is 7.80. The first-order valence-corrected chi connectivity index (χ1v) is 10.4. The van der Waals surface area contributed by atoms with E-state index >= 15 is 0 Å². The molecule has 1 heterocycles.